The Morgan fingerprint density at radius 1 is 1.26 bits per heavy atom. The molecule has 0 radical (unpaired) electrons. The van der Waals surface area contributed by atoms with Crippen LogP contribution in [-0.2, 0) is 10.1 Å². The first-order valence-corrected chi connectivity index (χ1v) is 8.44. The average Bonchev–Trinajstić information content (AvgIpc) is 2.33. The van der Waals surface area contributed by atoms with E-state index >= 15 is 0 Å². The van der Waals surface area contributed by atoms with E-state index in [9.17, 15) is 18.1 Å². The average molecular weight is 294 g/mol. The molecule has 6 nitrogen and oxygen atoms in total. The van der Waals surface area contributed by atoms with Crippen molar-refractivity contribution in [3.8, 4) is 0 Å². The van der Waals surface area contributed by atoms with Crippen LogP contribution in [0.1, 0.15) is 33.1 Å². The van der Waals surface area contributed by atoms with Gasteiger partial charge in [-0.25, -0.2) is 0 Å². The van der Waals surface area contributed by atoms with Crippen molar-refractivity contribution in [1.29, 1.82) is 0 Å². The van der Waals surface area contributed by atoms with Crippen LogP contribution in [0.2, 0.25) is 0 Å². The fraction of sp³-hybridized carbons (Fsp3) is 1.00. The molecule has 1 heterocycles. The summed E-state index contributed by atoms with van der Waals surface area (Å²) in [6.45, 7) is 6.39. The lowest BCUT2D eigenvalue weighted by atomic mass is 9.95. The maximum absolute atomic E-state index is 11.6. The lowest BCUT2D eigenvalue weighted by molar-refractivity contribution is 0.136. The number of nitrogens with one attached hydrogen (secondary N) is 1. The Labute approximate surface area is 115 Å². The first-order valence-electron chi connectivity index (χ1n) is 6.93. The van der Waals surface area contributed by atoms with Gasteiger partial charge >= 0.3 is 0 Å². The van der Waals surface area contributed by atoms with Crippen molar-refractivity contribution in [2.45, 2.75) is 44.6 Å². The van der Waals surface area contributed by atoms with Crippen LogP contribution in [0, 0.1) is 5.92 Å². The van der Waals surface area contributed by atoms with Crippen LogP contribution in [0.25, 0.3) is 0 Å². The molecular weight excluding hydrogens is 268 g/mol. The molecule has 7 heteroatoms. The third kappa shape index (κ3) is 5.74. The van der Waals surface area contributed by atoms with E-state index in [0.29, 0.717) is 25.9 Å². The number of rotatable bonds is 7. The van der Waals surface area contributed by atoms with E-state index in [1.54, 1.807) is 6.92 Å². The second kappa shape index (κ2) is 7.54. The molecule has 1 aliphatic rings. The van der Waals surface area contributed by atoms with Crippen LogP contribution < -0.4 is 5.32 Å². The number of aliphatic hydroxyl groups is 1. The van der Waals surface area contributed by atoms with Gasteiger partial charge in [-0.3, -0.25) is 9.45 Å². The Kier molecular flexibility index (Phi) is 6.68. The van der Waals surface area contributed by atoms with Gasteiger partial charge in [0.15, 0.2) is 0 Å². The van der Waals surface area contributed by atoms with Crippen molar-refractivity contribution in [2.24, 2.45) is 5.92 Å². The lowest BCUT2D eigenvalue weighted by Crippen LogP contribution is -2.51. The molecule has 3 N–H and O–H groups in total. The molecule has 114 valence electrons. The number of hydrogen-bond donors (Lipinski definition) is 3. The maximum Gasteiger partial charge on any atom is 0.281 e. The highest BCUT2D eigenvalue weighted by Gasteiger charge is 2.32. The predicted octanol–water partition coefficient (Wildman–Crippen LogP) is 0.293. The number of piperazine rings is 1. The van der Waals surface area contributed by atoms with Crippen molar-refractivity contribution in [1.82, 2.24) is 10.2 Å². The van der Waals surface area contributed by atoms with Gasteiger partial charge in [0, 0.05) is 26.2 Å². The van der Waals surface area contributed by atoms with Crippen molar-refractivity contribution in [3.05, 3.63) is 0 Å². The Morgan fingerprint density at radius 3 is 2.26 bits per heavy atom. The van der Waals surface area contributed by atoms with Crippen LogP contribution >= 0.6 is 0 Å². The minimum atomic E-state index is -4.09. The summed E-state index contributed by atoms with van der Waals surface area (Å²) in [5, 5.41) is 11.8. The quantitative estimate of drug-likeness (QED) is 0.585. The second-order valence-electron chi connectivity index (χ2n) is 5.35. The molecule has 0 bridgehead atoms. The third-order valence-electron chi connectivity index (χ3n) is 3.69. The van der Waals surface area contributed by atoms with E-state index in [-0.39, 0.29) is 5.92 Å². The highest BCUT2D eigenvalue weighted by molar-refractivity contribution is 7.86. The van der Waals surface area contributed by atoms with Gasteiger partial charge in [-0.15, -0.1) is 0 Å². The Hall–Kier alpha value is -0.210. The van der Waals surface area contributed by atoms with E-state index in [0.717, 1.165) is 19.5 Å². The minimum absolute atomic E-state index is 0.0989. The van der Waals surface area contributed by atoms with Crippen molar-refractivity contribution >= 4 is 10.1 Å². The molecule has 1 rings (SSSR count). The Bertz CT molecular complexity index is 353. The van der Waals surface area contributed by atoms with Gasteiger partial charge in [-0.2, -0.15) is 8.42 Å². The molecule has 1 aliphatic heterocycles. The molecule has 0 aromatic carbocycles. The minimum Gasteiger partial charge on any atom is -0.393 e. The molecule has 0 aromatic heterocycles. The first kappa shape index (κ1) is 16.8. The highest BCUT2D eigenvalue weighted by atomic mass is 32.2. The SMILES string of the molecule is CCC(CC(C)O)CC(N1CCNCC1)S(=O)(=O)O. The summed E-state index contributed by atoms with van der Waals surface area (Å²) in [6.07, 6.45) is 1.28. The lowest BCUT2D eigenvalue weighted by Gasteiger charge is -2.34. The molecule has 0 spiro atoms. The van der Waals surface area contributed by atoms with E-state index in [1.807, 2.05) is 11.8 Å². The summed E-state index contributed by atoms with van der Waals surface area (Å²) in [5.41, 5.74) is 0. The van der Waals surface area contributed by atoms with Gasteiger partial charge < -0.3 is 10.4 Å². The summed E-state index contributed by atoms with van der Waals surface area (Å²) in [5.74, 6) is 0.0989. The molecular formula is C12H26N2O4S. The standard InChI is InChI=1S/C12H26N2O4S/c1-3-11(8-10(2)15)9-12(19(16,17)18)14-6-4-13-5-7-14/h10-13,15H,3-9H2,1-2H3,(H,16,17,18). The fourth-order valence-electron chi connectivity index (χ4n) is 2.63. The topological polar surface area (TPSA) is 89.9 Å². The van der Waals surface area contributed by atoms with Crippen LogP contribution in [0.3, 0.4) is 0 Å². The summed E-state index contributed by atoms with van der Waals surface area (Å²) in [4.78, 5) is 1.82. The zero-order valence-electron chi connectivity index (χ0n) is 11.7. The van der Waals surface area contributed by atoms with Gasteiger partial charge in [-0.1, -0.05) is 13.3 Å². The molecule has 3 atom stereocenters. The largest absolute Gasteiger partial charge is 0.393 e. The molecule has 0 saturated carbocycles. The monoisotopic (exact) mass is 294 g/mol. The van der Waals surface area contributed by atoms with E-state index in [1.165, 1.54) is 0 Å². The van der Waals surface area contributed by atoms with E-state index in [4.69, 9.17) is 0 Å². The molecule has 1 fully saturated rings. The Balaban J connectivity index is 2.73. The molecule has 3 unspecified atom stereocenters. The molecule has 0 aromatic rings. The van der Waals surface area contributed by atoms with Crippen LogP contribution in [0.4, 0.5) is 0 Å². The second-order valence-corrected chi connectivity index (χ2v) is 6.92. The van der Waals surface area contributed by atoms with Gasteiger partial charge in [0.2, 0.25) is 0 Å². The number of nitrogens with zero attached hydrogens (tertiary/aromatic N) is 1. The fourth-order valence-corrected chi connectivity index (χ4v) is 3.73. The van der Waals surface area contributed by atoms with Crippen LogP contribution in [0.15, 0.2) is 0 Å². The molecule has 0 aliphatic carbocycles. The van der Waals surface area contributed by atoms with Crippen LogP contribution in [-0.4, -0.2) is 60.6 Å². The van der Waals surface area contributed by atoms with Crippen molar-refractivity contribution < 1.29 is 18.1 Å². The van der Waals surface area contributed by atoms with Crippen molar-refractivity contribution in [3.63, 3.8) is 0 Å². The smallest absolute Gasteiger partial charge is 0.281 e. The normalized spacial score (nSPS) is 22.9. The Morgan fingerprint density at radius 2 is 1.84 bits per heavy atom. The third-order valence-corrected chi connectivity index (χ3v) is 4.87. The summed E-state index contributed by atoms with van der Waals surface area (Å²) < 4.78 is 32.7. The van der Waals surface area contributed by atoms with Gasteiger partial charge in [0.1, 0.15) is 5.37 Å². The summed E-state index contributed by atoms with van der Waals surface area (Å²) in [7, 11) is -4.09. The maximum atomic E-state index is 11.6. The first-order chi connectivity index (χ1) is 8.84. The van der Waals surface area contributed by atoms with Gasteiger partial charge in [-0.05, 0) is 25.7 Å². The van der Waals surface area contributed by atoms with Crippen LogP contribution in [0.5, 0.6) is 0 Å². The molecule has 19 heavy (non-hydrogen) atoms. The van der Waals surface area contributed by atoms with Gasteiger partial charge in [0.25, 0.3) is 10.1 Å². The number of aliphatic hydroxyl groups excluding tert-OH is 1. The van der Waals surface area contributed by atoms with E-state index < -0.39 is 21.6 Å². The zero-order chi connectivity index (χ0) is 14.5. The molecule has 0 amide bonds. The highest BCUT2D eigenvalue weighted by Crippen LogP contribution is 2.23. The predicted molar refractivity (Wildman–Crippen MR) is 74.5 cm³/mol. The summed E-state index contributed by atoms with van der Waals surface area (Å²) >= 11 is 0. The zero-order valence-corrected chi connectivity index (χ0v) is 12.6. The van der Waals surface area contributed by atoms with Crippen molar-refractivity contribution in [2.75, 3.05) is 26.2 Å². The molecule has 1 saturated heterocycles. The van der Waals surface area contributed by atoms with Gasteiger partial charge in [0.05, 0.1) is 6.10 Å². The van der Waals surface area contributed by atoms with E-state index in [2.05, 4.69) is 5.32 Å². The number of hydrogen-bond acceptors (Lipinski definition) is 5. The summed E-state index contributed by atoms with van der Waals surface area (Å²) in [6, 6.07) is 0.